The van der Waals surface area contributed by atoms with Crippen molar-refractivity contribution in [1.82, 2.24) is 0 Å². The molecule has 0 saturated heterocycles. The number of para-hydroxylation sites is 1. The zero-order chi connectivity index (χ0) is 9.10. The van der Waals surface area contributed by atoms with Gasteiger partial charge in [-0.15, -0.1) is 6.58 Å². The maximum atomic E-state index is 5.39. The molecule has 1 nitrogen and oxygen atoms in total. The Morgan fingerprint density at radius 3 is 3.08 bits per heavy atom. The second kappa shape index (κ2) is 3.48. The zero-order valence-electron chi connectivity index (χ0n) is 7.44. The molecule has 1 aliphatic rings. The molecule has 0 spiro atoms. The normalized spacial score (nSPS) is 18.9. The third-order valence-electron chi connectivity index (χ3n) is 2.24. The van der Waals surface area contributed by atoms with Gasteiger partial charge in [0.25, 0.3) is 0 Å². The highest BCUT2D eigenvalue weighted by molar-refractivity contribution is 5.41. The van der Waals surface area contributed by atoms with Gasteiger partial charge >= 0.3 is 0 Å². The summed E-state index contributed by atoms with van der Waals surface area (Å²) in [5.41, 5.74) is 1.25. The molecule has 1 heteroatoms. The number of allylic oxidation sites excluding steroid dienone is 2. The molecule has 0 saturated carbocycles. The first-order chi connectivity index (χ1) is 6.42. The lowest BCUT2D eigenvalue weighted by Crippen LogP contribution is -2.02. The van der Waals surface area contributed by atoms with Gasteiger partial charge in [-0.1, -0.05) is 24.3 Å². The number of hydrogen-bond donors (Lipinski definition) is 0. The molecule has 0 radical (unpaired) electrons. The molecule has 1 atom stereocenters. The number of fused-ring (bicyclic) bond motifs is 1. The van der Waals surface area contributed by atoms with Crippen LogP contribution in [0.15, 0.2) is 49.3 Å². The minimum Gasteiger partial charge on any atom is -0.465 e. The Bertz CT molecular complexity index is 339. The number of benzene rings is 1. The van der Waals surface area contributed by atoms with Gasteiger partial charge in [0, 0.05) is 11.5 Å². The predicted octanol–water partition coefficient (Wildman–Crippen LogP) is 3.25. The van der Waals surface area contributed by atoms with Crippen LogP contribution in [0.2, 0.25) is 0 Å². The fourth-order valence-corrected chi connectivity index (χ4v) is 1.59. The summed E-state index contributed by atoms with van der Waals surface area (Å²) in [4.78, 5) is 0. The molecular weight excluding hydrogens is 160 g/mol. The van der Waals surface area contributed by atoms with E-state index in [1.165, 1.54) is 5.56 Å². The summed E-state index contributed by atoms with van der Waals surface area (Å²) in [6, 6.07) is 8.13. The Kier molecular flexibility index (Phi) is 2.17. The largest absolute Gasteiger partial charge is 0.465 e. The first-order valence-electron chi connectivity index (χ1n) is 4.45. The van der Waals surface area contributed by atoms with E-state index in [1.54, 1.807) is 6.26 Å². The van der Waals surface area contributed by atoms with E-state index in [9.17, 15) is 0 Å². The van der Waals surface area contributed by atoms with Crippen LogP contribution in [0.1, 0.15) is 17.9 Å². The van der Waals surface area contributed by atoms with Crippen LogP contribution >= 0.6 is 0 Å². The average Bonchev–Trinajstić information content (AvgIpc) is 2.19. The molecule has 0 fully saturated rings. The van der Waals surface area contributed by atoms with Gasteiger partial charge in [0.15, 0.2) is 0 Å². The second-order valence-corrected chi connectivity index (χ2v) is 3.12. The summed E-state index contributed by atoms with van der Waals surface area (Å²) in [6.07, 6.45) is 6.74. The van der Waals surface area contributed by atoms with Gasteiger partial charge in [-0.3, -0.25) is 0 Å². The van der Waals surface area contributed by atoms with E-state index in [0.717, 1.165) is 12.2 Å². The summed E-state index contributed by atoms with van der Waals surface area (Å²) in [5.74, 6) is 1.40. The van der Waals surface area contributed by atoms with Crippen LogP contribution in [-0.2, 0) is 0 Å². The summed E-state index contributed by atoms with van der Waals surface area (Å²) in [5, 5.41) is 0. The molecule has 0 amide bonds. The van der Waals surface area contributed by atoms with Gasteiger partial charge in [-0.05, 0) is 18.6 Å². The molecule has 1 aliphatic heterocycles. The van der Waals surface area contributed by atoms with Crippen LogP contribution in [0.5, 0.6) is 5.75 Å². The molecule has 66 valence electrons. The number of hydrogen-bond acceptors (Lipinski definition) is 1. The molecule has 0 bridgehead atoms. The highest BCUT2D eigenvalue weighted by Crippen LogP contribution is 2.33. The summed E-state index contributed by atoms with van der Waals surface area (Å²) in [6.45, 7) is 3.75. The van der Waals surface area contributed by atoms with E-state index < -0.39 is 0 Å². The van der Waals surface area contributed by atoms with Crippen molar-refractivity contribution >= 4 is 0 Å². The molecule has 13 heavy (non-hydrogen) atoms. The smallest absolute Gasteiger partial charge is 0.130 e. The van der Waals surface area contributed by atoms with Gasteiger partial charge in [0.05, 0.1) is 6.26 Å². The van der Waals surface area contributed by atoms with Gasteiger partial charge in [0.2, 0.25) is 0 Å². The van der Waals surface area contributed by atoms with Crippen molar-refractivity contribution in [2.45, 2.75) is 12.3 Å². The third kappa shape index (κ3) is 1.50. The van der Waals surface area contributed by atoms with E-state index in [-0.39, 0.29) is 0 Å². The Hall–Kier alpha value is -1.50. The average molecular weight is 172 g/mol. The maximum Gasteiger partial charge on any atom is 0.130 e. The van der Waals surface area contributed by atoms with E-state index in [2.05, 4.69) is 18.7 Å². The summed E-state index contributed by atoms with van der Waals surface area (Å²) < 4.78 is 5.39. The van der Waals surface area contributed by atoms with E-state index in [1.807, 2.05) is 24.3 Å². The topological polar surface area (TPSA) is 9.23 Å². The van der Waals surface area contributed by atoms with E-state index in [4.69, 9.17) is 4.74 Å². The predicted molar refractivity (Wildman–Crippen MR) is 53.8 cm³/mol. The van der Waals surface area contributed by atoms with E-state index >= 15 is 0 Å². The Morgan fingerprint density at radius 2 is 2.23 bits per heavy atom. The van der Waals surface area contributed by atoms with Crippen LogP contribution in [0, 0.1) is 0 Å². The standard InChI is InChI=1S/C12H12O/c1-2-5-10-8-9-13-12-7-4-3-6-11(10)12/h2-4,6-10H,1,5H2. The van der Waals surface area contributed by atoms with Gasteiger partial charge in [-0.2, -0.15) is 0 Å². The van der Waals surface area contributed by atoms with Crippen molar-refractivity contribution in [2.24, 2.45) is 0 Å². The quantitative estimate of drug-likeness (QED) is 0.622. The SMILES string of the molecule is C=CCC1C=COc2ccccc21. The lowest BCUT2D eigenvalue weighted by Gasteiger charge is -2.18. The Balaban J connectivity index is 2.36. The van der Waals surface area contributed by atoms with Crippen LogP contribution in [0.4, 0.5) is 0 Å². The molecule has 0 aliphatic carbocycles. The van der Waals surface area contributed by atoms with E-state index in [0.29, 0.717) is 5.92 Å². The molecule has 1 aromatic carbocycles. The summed E-state index contributed by atoms with van der Waals surface area (Å²) in [7, 11) is 0. The Morgan fingerprint density at radius 1 is 1.38 bits per heavy atom. The van der Waals surface area contributed by atoms with Crippen LogP contribution in [0.3, 0.4) is 0 Å². The molecule has 1 aromatic rings. The van der Waals surface area contributed by atoms with Crippen molar-refractivity contribution in [3.63, 3.8) is 0 Å². The Labute approximate surface area is 78.3 Å². The fraction of sp³-hybridized carbons (Fsp3) is 0.167. The number of rotatable bonds is 2. The molecule has 1 heterocycles. The van der Waals surface area contributed by atoms with Crippen molar-refractivity contribution in [3.8, 4) is 5.75 Å². The highest BCUT2D eigenvalue weighted by atomic mass is 16.5. The van der Waals surface area contributed by atoms with Crippen molar-refractivity contribution in [1.29, 1.82) is 0 Å². The minimum atomic E-state index is 0.433. The van der Waals surface area contributed by atoms with Crippen molar-refractivity contribution in [3.05, 3.63) is 54.8 Å². The van der Waals surface area contributed by atoms with Gasteiger partial charge in [-0.25, -0.2) is 0 Å². The van der Waals surface area contributed by atoms with Gasteiger partial charge in [0.1, 0.15) is 5.75 Å². The fourth-order valence-electron chi connectivity index (χ4n) is 1.59. The molecule has 0 aromatic heterocycles. The number of ether oxygens (including phenoxy) is 1. The monoisotopic (exact) mass is 172 g/mol. The minimum absolute atomic E-state index is 0.433. The lowest BCUT2D eigenvalue weighted by atomic mass is 9.94. The second-order valence-electron chi connectivity index (χ2n) is 3.12. The summed E-state index contributed by atoms with van der Waals surface area (Å²) >= 11 is 0. The third-order valence-corrected chi connectivity index (χ3v) is 2.24. The van der Waals surface area contributed by atoms with Crippen LogP contribution in [-0.4, -0.2) is 0 Å². The highest BCUT2D eigenvalue weighted by Gasteiger charge is 2.14. The molecule has 0 N–H and O–H groups in total. The molecule has 1 unspecified atom stereocenters. The van der Waals surface area contributed by atoms with Gasteiger partial charge < -0.3 is 4.74 Å². The van der Waals surface area contributed by atoms with Crippen LogP contribution < -0.4 is 4.74 Å². The molecule has 2 rings (SSSR count). The first kappa shape index (κ1) is 8.11. The maximum absolute atomic E-state index is 5.39. The molecular formula is C12H12O. The van der Waals surface area contributed by atoms with Crippen LogP contribution in [0.25, 0.3) is 0 Å². The first-order valence-corrected chi connectivity index (χ1v) is 4.45. The lowest BCUT2D eigenvalue weighted by molar-refractivity contribution is 0.453. The van der Waals surface area contributed by atoms with Crippen molar-refractivity contribution < 1.29 is 4.74 Å². The van der Waals surface area contributed by atoms with Crippen molar-refractivity contribution in [2.75, 3.05) is 0 Å². The zero-order valence-corrected chi connectivity index (χ0v) is 7.44.